The molecule has 1 aliphatic heterocycles. The molecule has 0 saturated carbocycles. The van der Waals surface area contributed by atoms with E-state index in [1.54, 1.807) is 12.4 Å². The molecule has 7 heteroatoms. The van der Waals surface area contributed by atoms with E-state index >= 15 is 0 Å². The maximum Gasteiger partial charge on any atom is 0.241 e. The normalized spacial score (nSPS) is 16.8. The van der Waals surface area contributed by atoms with Crippen LogP contribution in [-0.2, 0) is 21.2 Å². The fourth-order valence-corrected chi connectivity index (χ4v) is 4.64. The van der Waals surface area contributed by atoms with Gasteiger partial charge in [0.2, 0.25) is 5.91 Å². The highest BCUT2D eigenvalue weighted by atomic mass is 32.2. The summed E-state index contributed by atoms with van der Waals surface area (Å²) in [5.74, 6) is -0.405. The summed E-state index contributed by atoms with van der Waals surface area (Å²) in [5, 5.41) is 5.93. The molecule has 1 fully saturated rings. The third-order valence-corrected chi connectivity index (χ3v) is 6.95. The fraction of sp³-hybridized carbons (Fsp3) is 0.368. The predicted molar refractivity (Wildman–Crippen MR) is 101 cm³/mol. The summed E-state index contributed by atoms with van der Waals surface area (Å²) >= 11 is 0. The molecule has 6 nitrogen and oxygen atoms in total. The van der Waals surface area contributed by atoms with Crippen molar-refractivity contribution in [1.82, 2.24) is 15.6 Å². The Bertz CT molecular complexity index is 859. The van der Waals surface area contributed by atoms with Crippen LogP contribution >= 0.6 is 0 Å². The number of carbonyl (C=O) groups is 1. The quantitative estimate of drug-likeness (QED) is 0.830. The first kappa shape index (κ1) is 18.5. The van der Waals surface area contributed by atoms with Crippen molar-refractivity contribution in [1.29, 1.82) is 0 Å². The van der Waals surface area contributed by atoms with Crippen molar-refractivity contribution in [2.75, 3.05) is 19.3 Å². The minimum atomic E-state index is -3.49. The maximum atomic E-state index is 12.7. The van der Waals surface area contributed by atoms with Crippen molar-refractivity contribution in [3.63, 3.8) is 0 Å². The molecular weight excluding hydrogens is 350 g/mol. The molecule has 1 amide bonds. The zero-order chi connectivity index (χ0) is 18.6. The highest BCUT2D eigenvalue weighted by Gasteiger charge is 2.48. The smallest absolute Gasteiger partial charge is 0.241 e. The molecule has 0 radical (unpaired) electrons. The van der Waals surface area contributed by atoms with Crippen LogP contribution in [0.4, 0.5) is 0 Å². The number of hydrogen-bond acceptors (Lipinski definition) is 5. The summed E-state index contributed by atoms with van der Waals surface area (Å²) in [6.07, 6.45) is 5.28. The molecule has 1 saturated heterocycles. The van der Waals surface area contributed by atoms with E-state index in [4.69, 9.17) is 0 Å². The number of amides is 1. The largest absolute Gasteiger partial charge is 0.351 e. The number of piperidine rings is 1. The first-order valence-corrected chi connectivity index (χ1v) is 10.5. The molecule has 0 aliphatic carbocycles. The number of pyridine rings is 1. The Morgan fingerprint density at radius 1 is 1.15 bits per heavy atom. The lowest BCUT2D eigenvalue weighted by molar-refractivity contribution is -0.124. The van der Waals surface area contributed by atoms with Gasteiger partial charge in [-0.25, -0.2) is 8.42 Å². The highest BCUT2D eigenvalue weighted by molar-refractivity contribution is 7.92. The number of benzene rings is 1. The predicted octanol–water partition coefficient (Wildman–Crippen LogP) is 1.53. The molecule has 1 aromatic heterocycles. The van der Waals surface area contributed by atoms with Crippen molar-refractivity contribution < 1.29 is 13.2 Å². The summed E-state index contributed by atoms with van der Waals surface area (Å²) in [6.45, 7) is 1.36. The minimum absolute atomic E-state index is 0.302. The molecule has 2 N–H and O–H groups in total. The average molecular weight is 373 g/mol. The topological polar surface area (TPSA) is 88.2 Å². The number of aromatic nitrogens is 1. The number of nitrogens with zero attached hydrogens (tertiary/aromatic N) is 1. The Morgan fingerprint density at radius 2 is 1.85 bits per heavy atom. The Labute approximate surface area is 154 Å². The second-order valence-corrected chi connectivity index (χ2v) is 8.96. The van der Waals surface area contributed by atoms with E-state index in [0.717, 1.165) is 22.9 Å². The first-order chi connectivity index (χ1) is 12.4. The average Bonchev–Trinajstić information content (AvgIpc) is 2.67. The molecule has 0 bridgehead atoms. The number of rotatable bonds is 5. The van der Waals surface area contributed by atoms with E-state index in [1.165, 1.54) is 0 Å². The lowest BCUT2D eigenvalue weighted by atomic mass is 9.95. The summed E-state index contributed by atoms with van der Waals surface area (Å²) in [6, 6.07) is 11.7. The van der Waals surface area contributed by atoms with Crippen molar-refractivity contribution in [2.45, 2.75) is 24.1 Å². The molecule has 3 rings (SSSR count). The van der Waals surface area contributed by atoms with Crippen LogP contribution in [0.1, 0.15) is 18.4 Å². The molecule has 1 aliphatic rings. The van der Waals surface area contributed by atoms with Crippen molar-refractivity contribution >= 4 is 15.7 Å². The third kappa shape index (κ3) is 3.78. The second kappa shape index (κ2) is 7.55. The number of sulfone groups is 1. The summed E-state index contributed by atoms with van der Waals surface area (Å²) in [5.41, 5.74) is 2.98. The summed E-state index contributed by atoms with van der Waals surface area (Å²) < 4.78 is 23.2. The molecule has 1 aromatic carbocycles. The molecule has 0 unspecified atom stereocenters. The highest BCUT2D eigenvalue weighted by Crippen LogP contribution is 2.28. The van der Waals surface area contributed by atoms with E-state index in [-0.39, 0.29) is 0 Å². The van der Waals surface area contributed by atoms with Crippen LogP contribution < -0.4 is 10.6 Å². The van der Waals surface area contributed by atoms with E-state index in [9.17, 15) is 13.2 Å². The van der Waals surface area contributed by atoms with Gasteiger partial charge in [-0.1, -0.05) is 30.3 Å². The van der Waals surface area contributed by atoms with Crippen LogP contribution in [0.2, 0.25) is 0 Å². The third-order valence-electron chi connectivity index (χ3n) is 4.94. The van der Waals surface area contributed by atoms with E-state index in [2.05, 4.69) is 15.6 Å². The van der Waals surface area contributed by atoms with Crippen LogP contribution in [-0.4, -0.2) is 43.4 Å². The van der Waals surface area contributed by atoms with Gasteiger partial charge >= 0.3 is 0 Å². The van der Waals surface area contributed by atoms with Crippen LogP contribution in [0.3, 0.4) is 0 Å². The van der Waals surface area contributed by atoms with Gasteiger partial charge in [0.1, 0.15) is 0 Å². The zero-order valence-corrected chi connectivity index (χ0v) is 15.6. The van der Waals surface area contributed by atoms with Crippen molar-refractivity contribution in [2.24, 2.45) is 0 Å². The monoisotopic (exact) mass is 373 g/mol. The van der Waals surface area contributed by atoms with Crippen LogP contribution in [0.5, 0.6) is 0 Å². The van der Waals surface area contributed by atoms with Crippen LogP contribution in [0, 0.1) is 0 Å². The molecule has 0 spiro atoms. The summed E-state index contributed by atoms with van der Waals surface area (Å²) in [4.78, 5) is 16.8. The first-order valence-electron chi connectivity index (χ1n) is 8.60. The molecule has 0 atom stereocenters. The van der Waals surface area contributed by atoms with Gasteiger partial charge in [0.15, 0.2) is 14.6 Å². The lowest BCUT2D eigenvalue weighted by Gasteiger charge is -2.34. The van der Waals surface area contributed by atoms with Gasteiger partial charge in [-0.2, -0.15) is 0 Å². The van der Waals surface area contributed by atoms with Crippen molar-refractivity contribution in [3.05, 3.63) is 54.4 Å². The van der Waals surface area contributed by atoms with Gasteiger partial charge in [0.05, 0.1) is 0 Å². The zero-order valence-electron chi connectivity index (χ0n) is 14.7. The van der Waals surface area contributed by atoms with E-state index in [1.807, 2.05) is 36.4 Å². The Hall–Kier alpha value is -2.25. The Morgan fingerprint density at radius 3 is 2.42 bits per heavy atom. The molecular formula is C19H23N3O3S. The summed E-state index contributed by atoms with van der Waals surface area (Å²) in [7, 11) is -3.49. The van der Waals surface area contributed by atoms with Gasteiger partial charge in [-0.3, -0.25) is 9.78 Å². The van der Waals surface area contributed by atoms with Gasteiger partial charge in [0, 0.05) is 25.2 Å². The molecule has 2 heterocycles. The van der Waals surface area contributed by atoms with Gasteiger partial charge in [0.25, 0.3) is 0 Å². The van der Waals surface area contributed by atoms with Gasteiger partial charge in [-0.05, 0) is 48.7 Å². The number of carbonyl (C=O) groups excluding carboxylic acids is 1. The standard InChI is InChI=1S/C19H23N3O3S/c1-26(24,25)19(8-11-20-12-9-19)18(23)22-13-15-4-6-16(7-5-15)17-3-2-10-21-14-17/h2-7,10,14,20H,8-9,11-13H2,1H3,(H,22,23). The van der Waals surface area contributed by atoms with E-state index < -0.39 is 20.5 Å². The second-order valence-electron chi connectivity index (χ2n) is 6.64. The molecule has 138 valence electrons. The van der Waals surface area contributed by atoms with Gasteiger partial charge < -0.3 is 10.6 Å². The maximum absolute atomic E-state index is 12.7. The Kier molecular flexibility index (Phi) is 5.38. The SMILES string of the molecule is CS(=O)(=O)C1(C(=O)NCc2ccc(-c3cccnc3)cc2)CCNCC1. The number of nitrogens with one attached hydrogen (secondary N) is 2. The van der Waals surface area contributed by atoms with Crippen LogP contribution in [0.25, 0.3) is 11.1 Å². The van der Waals surface area contributed by atoms with Crippen molar-refractivity contribution in [3.8, 4) is 11.1 Å². The minimum Gasteiger partial charge on any atom is -0.351 e. The Balaban J connectivity index is 1.69. The number of hydrogen-bond donors (Lipinski definition) is 2. The van der Waals surface area contributed by atoms with Crippen LogP contribution in [0.15, 0.2) is 48.8 Å². The van der Waals surface area contributed by atoms with Gasteiger partial charge in [-0.15, -0.1) is 0 Å². The molecule has 26 heavy (non-hydrogen) atoms. The fourth-order valence-electron chi connectivity index (χ4n) is 3.29. The lowest BCUT2D eigenvalue weighted by Crippen LogP contribution is -2.57. The van der Waals surface area contributed by atoms with E-state index in [0.29, 0.717) is 32.5 Å². The molecule has 2 aromatic rings.